The van der Waals surface area contributed by atoms with Crippen molar-refractivity contribution in [2.45, 2.75) is 39.2 Å². The summed E-state index contributed by atoms with van der Waals surface area (Å²) in [6.07, 6.45) is 2.28. The van der Waals surface area contributed by atoms with Crippen LogP contribution in [-0.2, 0) is 16.4 Å². The highest BCUT2D eigenvalue weighted by Gasteiger charge is 2.26. The minimum atomic E-state index is -3.20. The smallest absolute Gasteiger partial charge is 0.212 e. The highest BCUT2D eigenvalue weighted by Crippen LogP contribution is 2.16. The van der Waals surface area contributed by atoms with E-state index in [-0.39, 0.29) is 11.8 Å². The molecule has 0 unspecified atom stereocenters. The molecule has 0 spiro atoms. The molecule has 0 aromatic heterocycles. The number of benzene rings is 1. The molecule has 0 saturated carbocycles. The van der Waals surface area contributed by atoms with Crippen molar-refractivity contribution in [3.63, 3.8) is 0 Å². The van der Waals surface area contributed by atoms with E-state index >= 15 is 0 Å². The van der Waals surface area contributed by atoms with Crippen LogP contribution in [0.1, 0.15) is 32.3 Å². The molecular formula is C15H24BrNO2S. The summed E-state index contributed by atoms with van der Waals surface area (Å²) in [5.74, 6) is 0.181. The van der Waals surface area contributed by atoms with E-state index in [0.717, 1.165) is 18.4 Å². The molecular weight excluding hydrogens is 338 g/mol. The zero-order valence-corrected chi connectivity index (χ0v) is 14.7. The van der Waals surface area contributed by atoms with Crippen molar-refractivity contribution in [1.29, 1.82) is 0 Å². The average molecular weight is 362 g/mol. The van der Waals surface area contributed by atoms with Crippen molar-refractivity contribution in [1.82, 2.24) is 4.31 Å². The average Bonchev–Trinajstić information content (AvgIpc) is 2.46. The van der Waals surface area contributed by atoms with E-state index in [1.54, 1.807) is 4.31 Å². The molecule has 0 radical (unpaired) electrons. The summed E-state index contributed by atoms with van der Waals surface area (Å²) in [5, 5.41) is 0.675. The Bertz CT molecular complexity index is 472. The van der Waals surface area contributed by atoms with Crippen LogP contribution < -0.4 is 0 Å². The molecule has 3 nitrogen and oxygen atoms in total. The molecule has 1 aromatic rings. The maximum Gasteiger partial charge on any atom is 0.214 e. The van der Waals surface area contributed by atoms with Gasteiger partial charge in [0.1, 0.15) is 0 Å². The Morgan fingerprint density at radius 1 is 1.15 bits per heavy atom. The lowest BCUT2D eigenvalue weighted by Gasteiger charge is -2.29. The van der Waals surface area contributed by atoms with E-state index in [9.17, 15) is 8.42 Å². The van der Waals surface area contributed by atoms with Gasteiger partial charge in [0, 0.05) is 17.9 Å². The first-order valence-electron chi connectivity index (χ1n) is 7.14. The van der Waals surface area contributed by atoms with Crippen LogP contribution in [0, 0.1) is 0 Å². The molecule has 0 amide bonds. The summed E-state index contributed by atoms with van der Waals surface area (Å²) in [6, 6.07) is 9.88. The quantitative estimate of drug-likeness (QED) is 0.631. The van der Waals surface area contributed by atoms with E-state index in [1.165, 1.54) is 0 Å². The van der Waals surface area contributed by atoms with Crippen LogP contribution in [0.5, 0.6) is 0 Å². The number of sulfonamides is 1. The van der Waals surface area contributed by atoms with E-state index < -0.39 is 10.0 Å². The number of hydrogen-bond donors (Lipinski definition) is 0. The normalized spacial score (nSPS) is 12.2. The first kappa shape index (κ1) is 17.7. The molecule has 1 rings (SSSR count). The van der Waals surface area contributed by atoms with Gasteiger partial charge >= 0.3 is 0 Å². The zero-order valence-electron chi connectivity index (χ0n) is 12.3. The Labute approximate surface area is 131 Å². The molecule has 114 valence electrons. The second-order valence-electron chi connectivity index (χ2n) is 4.82. The van der Waals surface area contributed by atoms with Crippen molar-refractivity contribution in [3.05, 3.63) is 35.9 Å². The van der Waals surface area contributed by atoms with E-state index in [4.69, 9.17) is 0 Å². The van der Waals surface area contributed by atoms with Crippen LogP contribution >= 0.6 is 15.9 Å². The van der Waals surface area contributed by atoms with Crippen molar-refractivity contribution < 1.29 is 8.42 Å². The summed E-state index contributed by atoms with van der Waals surface area (Å²) in [7, 11) is -3.20. The lowest BCUT2D eigenvalue weighted by atomic mass is 10.2. The monoisotopic (exact) mass is 361 g/mol. The third-order valence-electron chi connectivity index (χ3n) is 3.50. The molecule has 5 heteroatoms. The fourth-order valence-electron chi connectivity index (χ4n) is 2.34. The van der Waals surface area contributed by atoms with Crippen molar-refractivity contribution in [2.75, 3.05) is 17.6 Å². The topological polar surface area (TPSA) is 37.4 Å². The summed E-state index contributed by atoms with van der Waals surface area (Å²) < 4.78 is 26.8. The Morgan fingerprint density at radius 3 is 2.25 bits per heavy atom. The lowest BCUT2D eigenvalue weighted by Crippen LogP contribution is -2.42. The van der Waals surface area contributed by atoms with Crippen molar-refractivity contribution in [3.8, 4) is 0 Å². The number of aryl methyl sites for hydroxylation is 1. The summed E-state index contributed by atoms with van der Waals surface area (Å²) in [5.41, 5.74) is 1.07. The van der Waals surface area contributed by atoms with Gasteiger partial charge in [0.25, 0.3) is 0 Å². The van der Waals surface area contributed by atoms with Crippen molar-refractivity contribution in [2.24, 2.45) is 0 Å². The molecule has 0 aliphatic rings. The molecule has 20 heavy (non-hydrogen) atoms. The van der Waals surface area contributed by atoms with E-state index in [1.807, 2.05) is 44.2 Å². The van der Waals surface area contributed by atoms with Gasteiger partial charge < -0.3 is 0 Å². The van der Waals surface area contributed by atoms with Gasteiger partial charge in [-0.1, -0.05) is 60.1 Å². The SMILES string of the molecule is CCC(CC)N(CCBr)S(=O)(=O)CCc1ccccc1. The molecule has 0 N–H and O–H groups in total. The standard InChI is InChI=1S/C15H24BrNO2S/c1-3-15(4-2)17(12-11-16)20(18,19)13-10-14-8-6-5-7-9-14/h5-9,15H,3-4,10-13H2,1-2H3. The number of rotatable bonds is 9. The fourth-order valence-corrected chi connectivity index (χ4v) is 4.80. The Balaban J connectivity index is 2.77. The highest BCUT2D eigenvalue weighted by atomic mass is 79.9. The molecule has 0 atom stereocenters. The van der Waals surface area contributed by atoms with Crippen LogP contribution in [0.25, 0.3) is 0 Å². The maximum atomic E-state index is 12.6. The van der Waals surface area contributed by atoms with Crippen LogP contribution in [0.4, 0.5) is 0 Å². The molecule has 0 saturated heterocycles. The summed E-state index contributed by atoms with van der Waals surface area (Å²) >= 11 is 3.36. The first-order valence-corrected chi connectivity index (χ1v) is 9.87. The van der Waals surface area contributed by atoms with Crippen LogP contribution in [0.2, 0.25) is 0 Å². The Morgan fingerprint density at radius 2 is 1.75 bits per heavy atom. The van der Waals surface area contributed by atoms with E-state index in [2.05, 4.69) is 15.9 Å². The van der Waals surface area contributed by atoms with Crippen molar-refractivity contribution >= 4 is 26.0 Å². The second-order valence-corrected chi connectivity index (χ2v) is 7.66. The Kier molecular flexibility index (Phi) is 7.77. The second kappa shape index (κ2) is 8.80. The largest absolute Gasteiger partial charge is 0.214 e. The van der Waals surface area contributed by atoms with E-state index in [0.29, 0.717) is 18.3 Å². The third-order valence-corrected chi connectivity index (χ3v) is 5.77. The number of hydrogen-bond acceptors (Lipinski definition) is 2. The van der Waals surface area contributed by atoms with Crippen LogP contribution in [0.3, 0.4) is 0 Å². The maximum absolute atomic E-state index is 12.6. The summed E-state index contributed by atoms with van der Waals surface area (Å²) in [6.45, 7) is 4.63. The molecule has 0 aliphatic heterocycles. The van der Waals surface area contributed by atoms with Gasteiger partial charge in [0.05, 0.1) is 5.75 Å². The Hall–Kier alpha value is -0.390. The molecule has 1 aromatic carbocycles. The first-order chi connectivity index (χ1) is 9.55. The number of nitrogens with zero attached hydrogens (tertiary/aromatic N) is 1. The van der Waals surface area contributed by atoms with Gasteiger partial charge in [-0.3, -0.25) is 0 Å². The zero-order chi connectivity index (χ0) is 15.0. The van der Waals surface area contributed by atoms with Gasteiger partial charge in [-0.05, 0) is 24.8 Å². The van der Waals surface area contributed by atoms with Gasteiger partial charge in [0.2, 0.25) is 10.0 Å². The number of halogens is 1. The summed E-state index contributed by atoms with van der Waals surface area (Å²) in [4.78, 5) is 0. The molecule has 0 fully saturated rings. The molecule has 0 heterocycles. The molecule has 0 aliphatic carbocycles. The third kappa shape index (κ3) is 5.19. The fraction of sp³-hybridized carbons (Fsp3) is 0.600. The number of alkyl halides is 1. The van der Waals surface area contributed by atoms with Gasteiger partial charge in [0.15, 0.2) is 0 Å². The highest BCUT2D eigenvalue weighted by molar-refractivity contribution is 9.09. The van der Waals surface area contributed by atoms with Gasteiger partial charge in [-0.2, -0.15) is 4.31 Å². The minimum absolute atomic E-state index is 0.105. The predicted molar refractivity (Wildman–Crippen MR) is 88.8 cm³/mol. The predicted octanol–water partition coefficient (Wildman–Crippen LogP) is 3.44. The lowest BCUT2D eigenvalue weighted by molar-refractivity contribution is 0.317. The van der Waals surface area contributed by atoms with Crippen LogP contribution in [0.15, 0.2) is 30.3 Å². The van der Waals surface area contributed by atoms with Gasteiger partial charge in [-0.15, -0.1) is 0 Å². The molecule has 0 bridgehead atoms. The minimum Gasteiger partial charge on any atom is -0.212 e. The van der Waals surface area contributed by atoms with Crippen LogP contribution in [-0.4, -0.2) is 36.4 Å². The van der Waals surface area contributed by atoms with Gasteiger partial charge in [-0.25, -0.2) is 8.42 Å².